The molecule has 0 aliphatic heterocycles. The minimum Gasteiger partial charge on any atom is -0.496 e. The van der Waals surface area contributed by atoms with Crippen LogP contribution in [0.15, 0.2) is 48.5 Å². The zero-order valence-corrected chi connectivity index (χ0v) is 13.0. The van der Waals surface area contributed by atoms with Crippen LogP contribution in [-0.2, 0) is 13.0 Å². The minimum absolute atomic E-state index is 0. The highest BCUT2D eigenvalue weighted by molar-refractivity contribution is 6.30. The van der Waals surface area contributed by atoms with Gasteiger partial charge in [0.1, 0.15) is 5.75 Å². The summed E-state index contributed by atoms with van der Waals surface area (Å²) in [5.74, 6) is 0.951. The lowest BCUT2D eigenvalue weighted by atomic mass is 10.1. The molecule has 108 valence electrons. The van der Waals surface area contributed by atoms with E-state index in [0.29, 0.717) is 0 Å². The molecule has 0 radical (unpaired) electrons. The molecule has 0 heterocycles. The smallest absolute Gasteiger partial charge is 0.122 e. The summed E-state index contributed by atoms with van der Waals surface area (Å²) in [5, 5.41) is 4.20. The van der Waals surface area contributed by atoms with Gasteiger partial charge in [0.05, 0.1) is 7.11 Å². The molecule has 2 nitrogen and oxygen atoms in total. The molecule has 0 aliphatic rings. The first-order chi connectivity index (χ1) is 9.29. The molecule has 0 bridgehead atoms. The fraction of sp³-hybridized carbons (Fsp3) is 0.250. The Balaban J connectivity index is 0.00000200. The van der Waals surface area contributed by atoms with Gasteiger partial charge in [-0.3, -0.25) is 0 Å². The first-order valence-corrected chi connectivity index (χ1v) is 6.74. The van der Waals surface area contributed by atoms with Gasteiger partial charge in [-0.25, -0.2) is 0 Å². The van der Waals surface area contributed by atoms with E-state index in [9.17, 15) is 0 Å². The van der Waals surface area contributed by atoms with Crippen molar-refractivity contribution in [2.45, 2.75) is 13.0 Å². The summed E-state index contributed by atoms with van der Waals surface area (Å²) in [4.78, 5) is 0. The van der Waals surface area contributed by atoms with Crippen molar-refractivity contribution >= 4 is 24.0 Å². The topological polar surface area (TPSA) is 21.3 Å². The van der Waals surface area contributed by atoms with E-state index in [1.165, 1.54) is 11.1 Å². The molecular formula is C16H19Cl2NO. The van der Waals surface area contributed by atoms with E-state index < -0.39 is 0 Å². The van der Waals surface area contributed by atoms with E-state index in [0.717, 1.165) is 30.3 Å². The second-order valence-electron chi connectivity index (χ2n) is 4.37. The first kappa shape index (κ1) is 16.8. The molecule has 0 atom stereocenters. The fourth-order valence-corrected chi connectivity index (χ4v) is 2.23. The van der Waals surface area contributed by atoms with E-state index in [2.05, 4.69) is 17.4 Å². The second-order valence-corrected chi connectivity index (χ2v) is 4.80. The lowest BCUT2D eigenvalue weighted by Gasteiger charge is -2.09. The Bertz CT molecular complexity index is 531. The Hall–Kier alpha value is -1.22. The quantitative estimate of drug-likeness (QED) is 0.811. The van der Waals surface area contributed by atoms with Gasteiger partial charge >= 0.3 is 0 Å². The van der Waals surface area contributed by atoms with Crippen LogP contribution in [0.25, 0.3) is 0 Å². The summed E-state index contributed by atoms with van der Waals surface area (Å²) < 4.78 is 5.33. The van der Waals surface area contributed by atoms with Crippen LogP contribution in [0.1, 0.15) is 11.1 Å². The summed E-state index contributed by atoms with van der Waals surface area (Å²) >= 11 is 5.95. The molecule has 0 spiro atoms. The molecule has 1 N–H and O–H groups in total. The number of para-hydroxylation sites is 1. The van der Waals surface area contributed by atoms with Gasteiger partial charge in [-0.15, -0.1) is 12.4 Å². The van der Waals surface area contributed by atoms with Crippen LogP contribution in [0, 0.1) is 0 Å². The molecule has 2 rings (SSSR count). The SMILES string of the molecule is COc1ccccc1CCNCc1cccc(Cl)c1.Cl. The molecule has 0 unspecified atom stereocenters. The largest absolute Gasteiger partial charge is 0.496 e. The summed E-state index contributed by atoms with van der Waals surface area (Å²) in [6, 6.07) is 16.0. The second kappa shape index (κ2) is 8.85. The molecule has 0 amide bonds. The molecule has 0 saturated carbocycles. The van der Waals surface area contributed by atoms with Crippen molar-refractivity contribution in [2.24, 2.45) is 0 Å². The molecule has 2 aromatic carbocycles. The Labute approximate surface area is 131 Å². The summed E-state index contributed by atoms with van der Waals surface area (Å²) in [6.45, 7) is 1.74. The first-order valence-electron chi connectivity index (χ1n) is 6.36. The number of halogens is 2. The molecule has 2 aromatic rings. The van der Waals surface area contributed by atoms with Gasteiger partial charge in [0, 0.05) is 11.6 Å². The predicted molar refractivity (Wildman–Crippen MR) is 87.1 cm³/mol. The highest BCUT2D eigenvalue weighted by Gasteiger charge is 2.01. The maximum atomic E-state index is 5.95. The number of ether oxygens (including phenoxy) is 1. The highest BCUT2D eigenvalue weighted by atomic mass is 35.5. The number of hydrogen-bond donors (Lipinski definition) is 1. The van der Waals surface area contributed by atoms with Crippen LogP contribution in [0.4, 0.5) is 0 Å². The summed E-state index contributed by atoms with van der Waals surface area (Å²) in [5.41, 5.74) is 2.43. The van der Waals surface area contributed by atoms with Gasteiger partial charge in [0.25, 0.3) is 0 Å². The molecule has 20 heavy (non-hydrogen) atoms. The van der Waals surface area contributed by atoms with Gasteiger partial charge in [0.15, 0.2) is 0 Å². The fourth-order valence-electron chi connectivity index (χ4n) is 2.01. The number of hydrogen-bond acceptors (Lipinski definition) is 2. The maximum Gasteiger partial charge on any atom is 0.122 e. The van der Waals surface area contributed by atoms with Crippen LogP contribution in [0.3, 0.4) is 0 Å². The lowest BCUT2D eigenvalue weighted by molar-refractivity contribution is 0.409. The van der Waals surface area contributed by atoms with Crippen molar-refractivity contribution < 1.29 is 4.74 Å². The summed E-state index contributed by atoms with van der Waals surface area (Å²) in [6.07, 6.45) is 0.949. The number of nitrogens with one attached hydrogen (secondary N) is 1. The molecular weight excluding hydrogens is 293 g/mol. The molecule has 4 heteroatoms. The zero-order chi connectivity index (χ0) is 13.5. The third kappa shape index (κ3) is 5.04. The Morgan fingerprint density at radius 3 is 2.65 bits per heavy atom. The number of rotatable bonds is 6. The minimum atomic E-state index is 0. The Morgan fingerprint density at radius 1 is 1.10 bits per heavy atom. The summed E-state index contributed by atoms with van der Waals surface area (Å²) in [7, 11) is 1.71. The number of benzene rings is 2. The van der Waals surface area contributed by atoms with Crippen LogP contribution < -0.4 is 10.1 Å². The zero-order valence-electron chi connectivity index (χ0n) is 11.4. The van der Waals surface area contributed by atoms with Crippen LogP contribution in [0.2, 0.25) is 5.02 Å². The lowest BCUT2D eigenvalue weighted by Crippen LogP contribution is -2.16. The van der Waals surface area contributed by atoms with E-state index in [1.807, 2.05) is 36.4 Å². The van der Waals surface area contributed by atoms with Crippen molar-refractivity contribution in [1.82, 2.24) is 5.32 Å². The molecule has 0 fully saturated rings. The molecule has 0 aliphatic carbocycles. The average Bonchev–Trinajstić information content (AvgIpc) is 2.44. The van der Waals surface area contributed by atoms with E-state index in [4.69, 9.17) is 16.3 Å². The van der Waals surface area contributed by atoms with E-state index in [1.54, 1.807) is 7.11 Å². The van der Waals surface area contributed by atoms with Gasteiger partial charge in [-0.1, -0.05) is 41.9 Å². The van der Waals surface area contributed by atoms with Crippen molar-refractivity contribution in [3.05, 3.63) is 64.7 Å². The average molecular weight is 312 g/mol. The van der Waals surface area contributed by atoms with Gasteiger partial charge in [-0.05, 0) is 42.3 Å². The molecule has 0 saturated heterocycles. The monoisotopic (exact) mass is 311 g/mol. The van der Waals surface area contributed by atoms with Crippen LogP contribution >= 0.6 is 24.0 Å². The predicted octanol–water partition coefficient (Wildman–Crippen LogP) is 4.10. The van der Waals surface area contributed by atoms with Gasteiger partial charge in [0.2, 0.25) is 0 Å². The maximum absolute atomic E-state index is 5.95. The normalized spacial score (nSPS) is 9.90. The Kier molecular flexibility index (Phi) is 7.45. The van der Waals surface area contributed by atoms with E-state index >= 15 is 0 Å². The standard InChI is InChI=1S/C16H18ClNO.ClH/c1-19-16-8-3-2-6-14(16)9-10-18-12-13-5-4-7-15(17)11-13;/h2-8,11,18H,9-10,12H2,1H3;1H. The van der Waals surface area contributed by atoms with E-state index in [-0.39, 0.29) is 12.4 Å². The van der Waals surface area contributed by atoms with Crippen LogP contribution in [0.5, 0.6) is 5.75 Å². The van der Waals surface area contributed by atoms with Crippen molar-refractivity contribution in [1.29, 1.82) is 0 Å². The molecule has 0 aromatic heterocycles. The number of methoxy groups -OCH3 is 1. The van der Waals surface area contributed by atoms with Crippen LogP contribution in [-0.4, -0.2) is 13.7 Å². The third-order valence-electron chi connectivity index (χ3n) is 2.98. The highest BCUT2D eigenvalue weighted by Crippen LogP contribution is 2.17. The van der Waals surface area contributed by atoms with Gasteiger partial charge in [-0.2, -0.15) is 0 Å². The third-order valence-corrected chi connectivity index (χ3v) is 3.22. The van der Waals surface area contributed by atoms with Crippen molar-refractivity contribution in [3.8, 4) is 5.75 Å². The Morgan fingerprint density at radius 2 is 1.90 bits per heavy atom. The van der Waals surface area contributed by atoms with Crippen molar-refractivity contribution in [2.75, 3.05) is 13.7 Å². The van der Waals surface area contributed by atoms with Crippen molar-refractivity contribution in [3.63, 3.8) is 0 Å². The van der Waals surface area contributed by atoms with Gasteiger partial charge < -0.3 is 10.1 Å².